The Hall–Kier alpha value is -2.61. The van der Waals surface area contributed by atoms with E-state index in [0.29, 0.717) is 51.0 Å². The Kier molecular flexibility index (Phi) is 6.18. The molecule has 2 N–H and O–H groups in total. The highest BCUT2D eigenvalue weighted by Crippen LogP contribution is 2.32. The van der Waals surface area contributed by atoms with Crippen molar-refractivity contribution in [3.05, 3.63) is 23.8 Å². The number of carbonyl (C=O) groups excluding carboxylic acids is 2. The van der Waals surface area contributed by atoms with Gasteiger partial charge in [-0.05, 0) is 43.0 Å². The monoisotopic (exact) mass is 390 g/mol. The number of methoxy groups -OCH3 is 1. The highest BCUT2D eigenvalue weighted by Gasteiger charge is 2.46. The molecule has 28 heavy (non-hydrogen) atoms. The zero-order valence-electron chi connectivity index (χ0n) is 16.0. The molecule has 2 heterocycles. The molecule has 1 aromatic rings. The third kappa shape index (κ3) is 4.44. The van der Waals surface area contributed by atoms with Crippen LogP contribution in [0.25, 0.3) is 0 Å². The lowest BCUT2D eigenvalue weighted by molar-refractivity contribution is -0.151. The van der Waals surface area contributed by atoms with E-state index in [1.807, 2.05) is 12.1 Å². The van der Waals surface area contributed by atoms with Crippen molar-refractivity contribution in [3.8, 4) is 5.75 Å². The van der Waals surface area contributed by atoms with Crippen molar-refractivity contribution in [1.82, 2.24) is 4.90 Å². The fraction of sp³-hybridized carbons (Fsp3) is 0.550. The number of aryl methyl sites for hydroxylation is 1. The molecule has 0 aromatic heterocycles. The number of carboxylic acids is 1. The van der Waals surface area contributed by atoms with Gasteiger partial charge in [-0.25, -0.2) is 0 Å². The van der Waals surface area contributed by atoms with Crippen molar-refractivity contribution in [2.24, 2.45) is 5.41 Å². The Balaban J connectivity index is 1.44. The van der Waals surface area contributed by atoms with E-state index in [2.05, 4.69) is 5.32 Å². The van der Waals surface area contributed by atoms with Gasteiger partial charge in [-0.15, -0.1) is 0 Å². The van der Waals surface area contributed by atoms with Crippen LogP contribution in [0.4, 0.5) is 5.69 Å². The number of aliphatic carboxylic acids is 1. The van der Waals surface area contributed by atoms with Gasteiger partial charge in [-0.2, -0.15) is 0 Å². The topological polar surface area (TPSA) is 105 Å². The molecule has 1 fully saturated rings. The first-order valence-electron chi connectivity index (χ1n) is 9.49. The molecule has 0 aliphatic carbocycles. The number of ether oxygens (including phenoxy) is 2. The first-order valence-corrected chi connectivity index (χ1v) is 9.49. The Labute approximate surface area is 163 Å². The van der Waals surface area contributed by atoms with E-state index >= 15 is 0 Å². The van der Waals surface area contributed by atoms with E-state index in [9.17, 15) is 19.5 Å². The van der Waals surface area contributed by atoms with Crippen LogP contribution in [0.1, 0.15) is 31.2 Å². The molecule has 1 unspecified atom stereocenters. The molecule has 3 rings (SSSR count). The first kappa shape index (κ1) is 20.1. The van der Waals surface area contributed by atoms with Gasteiger partial charge in [0, 0.05) is 38.7 Å². The summed E-state index contributed by atoms with van der Waals surface area (Å²) in [6, 6.07) is 5.56. The number of nitrogens with zero attached hydrogens (tertiary/aromatic N) is 1. The molecule has 2 aliphatic rings. The number of carboxylic acid groups (broad SMARTS) is 1. The number of hydrogen-bond acceptors (Lipinski definition) is 5. The van der Waals surface area contributed by atoms with Gasteiger partial charge >= 0.3 is 5.97 Å². The van der Waals surface area contributed by atoms with Gasteiger partial charge in [0.05, 0.1) is 13.2 Å². The van der Waals surface area contributed by atoms with Crippen LogP contribution < -0.4 is 10.1 Å². The Bertz CT molecular complexity index is 765. The minimum atomic E-state index is -1.00. The second kappa shape index (κ2) is 8.60. The molecule has 2 amide bonds. The van der Waals surface area contributed by atoms with Crippen molar-refractivity contribution in [2.75, 3.05) is 38.7 Å². The number of likely N-dealkylation sites (tertiary alicyclic amines) is 1. The van der Waals surface area contributed by atoms with E-state index in [-0.39, 0.29) is 25.0 Å². The van der Waals surface area contributed by atoms with Crippen molar-refractivity contribution in [2.45, 2.75) is 32.1 Å². The van der Waals surface area contributed by atoms with E-state index in [4.69, 9.17) is 9.47 Å². The third-order valence-corrected chi connectivity index (χ3v) is 5.36. The molecule has 0 radical (unpaired) electrons. The highest BCUT2D eigenvalue weighted by atomic mass is 16.5. The molecular weight excluding hydrogens is 364 g/mol. The number of anilines is 1. The molecule has 2 aliphatic heterocycles. The largest absolute Gasteiger partial charge is 0.494 e. The van der Waals surface area contributed by atoms with Gasteiger partial charge in [-0.1, -0.05) is 0 Å². The zero-order chi connectivity index (χ0) is 20.1. The average molecular weight is 390 g/mol. The summed E-state index contributed by atoms with van der Waals surface area (Å²) in [6.45, 7) is 1.12. The smallest absolute Gasteiger partial charge is 0.313 e. The fourth-order valence-electron chi connectivity index (χ4n) is 3.74. The number of amides is 2. The van der Waals surface area contributed by atoms with Crippen LogP contribution in [0, 0.1) is 5.41 Å². The SMILES string of the molecule is COCC1(C(=O)O)CCN(C(=O)CCCOc2ccc3c(c2)CCC(=O)N3)C1. The van der Waals surface area contributed by atoms with Crippen molar-refractivity contribution >= 4 is 23.5 Å². The molecule has 0 bridgehead atoms. The highest BCUT2D eigenvalue weighted by molar-refractivity contribution is 5.94. The predicted octanol–water partition coefficient (Wildman–Crippen LogP) is 1.68. The van der Waals surface area contributed by atoms with Crippen molar-refractivity contribution in [1.29, 1.82) is 0 Å². The Morgan fingerprint density at radius 2 is 2.14 bits per heavy atom. The maximum absolute atomic E-state index is 12.4. The maximum atomic E-state index is 12.4. The average Bonchev–Trinajstić information content (AvgIpc) is 3.11. The van der Waals surface area contributed by atoms with Gasteiger partial charge < -0.3 is 24.8 Å². The summed E-state index contributed by atoms with van der Waals surface area (Å²) in [5.74, 6) is -0.236. The predicted molar refractivity (Wildman–Crippen MR) is 101 cm³/mol. The fourth-order valence-corrected chi connectivity index (χ4v) is 3.74. The molecule has 152 valence electrons. The summed E-state index contributed by atoms with van der Waals surface area (Å²) in [7, 11) is 1.47. The summed E-state index contributed by atoms with van der Waals surface area (Å²) >= 11 is 0. The molecule has 0 spiro atoms. The van der Waals surface area contributed by atoms with E-state index in [1.165, 1.54) is 7.11 Å². The molecule has 8 heteroatoms. The number of hydrogen-bond donors (Lipinski definition) is 2. The van der Waals surface area contributed by atoms with Crippen LogP contribution in [0.15, 0.2) is 18.2 Å². The lowest BCUT2D eigenvalue weighted by Crippen LogP contribution is -2.40. The minimum Gasteiger partial charge on any atom is -0.494 e. The van der Waals surface area contributed by atoms with Crippen molar-refractivity contribution < 1.29 is 29.0 Å². The van der Waals surface area contributed by atoms with Crippen LogP contribution in [-0.2, 0) is 25.5 Å². The molecule has 0 saturated carbocycles. The van der Waals surface area contributed by atoms with E-state index in [0.717, 1.165) is 11.3 Å². The van der Waals surface area contributed by atoms with Crippen LogP contribution in [0.5, 0.6) is 5.75 Å². The van der Waals surface area contributed by atoms with Crippen LogP contribution >= 0.6 is 0 Å². The zero-order valence-corrected chi connectivity index (χ0v) is 16.0. The molecule has 1 aromatic carbocycles. The lowest BCUT2D eigenvalue weighted by Gasteiger charge is -2.23. The number of carbonyl (C=O) groups is 3. The second-order valence-corrected chi connectivity index (χ2v) is 7.40. The maximum Gasteiger partial charge on any atom is 0.313 e. The quantitative estimate of drug-likeness (QED) is 0.655. The molecule has 1 saturated heterocycles. The molecule has 1 atom stereocenters. The van der Waals surface area contributed by atoms with Gasteiger partial charge in [0.15, 0.2) is 0 Å². The van der Waals surface area contributed by atoms with E-state index in [1.54, 1.807) is 11.0 Å². The normalized spacial score (nSPS) is 21.2. The number of rotatable bonds is 8. The van der Waals surface area contributed by atoms with Crippen LogP contribution in [0.2, 0.25) is 0 Å². The number of benzene rings is 1. The first-order chi connectivity index (χ1) is 13.4. The number of nitrogens with one attached hydrogen (secondary N) is 1. The third-order valence-electron chi connectivity index (χ3n) is 5.36. The summed E-state index contributed by atoms with van der Waals surface area (Å²) in [5, 5.41) is 12.3. The van der Waals surface area contributed by atoms with Gasteiger partial charge in [0.2, 0.25) is 11.8 Å². The van der Waals surface area contributed by atoms with E-state index < -0.39 is 11.4 Å². The summed E-state index contributed by atoms with van der Waals surface area (Å²) < 4.78 is 10.8. The van der Waals surface area contributed by atoms with Crippen LogP contribution in [0.3, 0.4) is 0 Å². The summed E-state index contributed by atoms with van der Waals surface area (Å²) in [5.41, 5.74) is 0.874. The van der Waals surface area contributed by atoms with Gasteiger partial charge in [-0.3, -0.25) is 14.4 Å². The minimum absolute atomic E-state index is 0.0269. The number of fused-ring (bicyclic) bond motifs is 1. The standard InChI is InChI=1S/C20H26N2O6/c1-27-13-20(19(25)26)8-9-22(12-20)18(24)3-2-10-28-15-5-6-16-14(11-15)4-7-17(23)21-16/h5-6,11H,2-4,7-10,12-13H2,1H3,(H,21,23)(H,25,26). The van der Waals surface area contributed by atoms with Gasteiger partial charge in [0.1, 0.15) is 11.2 Å². The molecular formula is C20H26N2O6. The Morgan fingerprint density at radius 3 is 2.89 bits per heavy atom. The van der Waals surface area contributed by atoms with Crippen LogP contribution in [-0.4, -0.2) is 61.2 Å². The van der Waals surface area contributed by atoms with Gasteiger partial charge in [0.25, 0.3) is 0 Å². The summed E-state index contributed by atoms with van der Waals surface area (Å²) in [6.07, 6.45) is 2.43. The second-order valence-electron chi connectivity index (χ2n) is 7.40. The lowest BCUT2D eigenvalue weighted by atomic mass is 9.88. The summed E-state index contributed by atoms with van der Waals surface area (Å²) in [4.78, 5) is 36.9. The van der Waals surface area contributed by atoms with Crippen molar-refractivity contribution in [3.63, 3.8) is 0 Å². The molecule has 8 nitrogen and oxygen atoms in total. The Morgan fingerprint density at radius 1 is 1.32 bits per heavy atom.